The molecule has 0 saturated heterocycles. The molecule has 0 aliphatic carbocycles. The number of anilines is 1. The Labute approximate surface area is 188 Å². The molecule has 2 aromatic heterocycles. The molecular formula is C22H19N3O5S2. The molecule has 164 valence electrons. The highest BCUT2D eigenvalue weighted by atomic mass is 32.2. The summed E-state index contributed by atoms with van der Waals surface area (Å²) in [5, 5.41) is 1.74. The van der Waals surface area contributed by atoms with Gasteiger partial charge in [-0.25, -0.2) is 18.2 Å². The Morgan fingerprint density at radius 3 is 2.53 bits per heavy atom. The minimum atomic E-state index is -3.79. The fraction of sp³-hybridized carbons (Fsp3) is 0.136. The van der Waals surface area contributed by atoms with Gasteiger partial charge in [-0.3, -0.25) is 13.5 Å². The van der Waals surface area contributed by atoms with Crippen molar-refractivity contribution in [2.45, 2.75) is 18.4 Å². The van der Waals surface area contributed by atoms with E-state index in [2.05, 4.69) is 4.98 Å². The molecule has 2 aromatic carbocycles. The lowest BCUT2D eigenvalue weighted by atomic mass is 10.2. The second-order valence-corrected chi connectivity index (χ2v) is 9.48. The van der Waals surface area contributed by atoms with Gasteiger partial charge in [0.15, 0.2) is 4.96 Å². The molecule has 0 N–H and O–H groups in total. The molecule has 32 heavy (non-hydrogen) atoms. The first-order valence-electron chi connectivity index (χ1n) is 9.71. The molecule has 8 nitrogen and oxygen atoms in total. The standard InChI is InChI=1S/C22H19N3O5S2/c1-2-25(18-6-4-3-5-7-18)32(28,29)19-10-8-16(9-11-19)21(27)30-15-17-14-20(26)24-12-13-31-22(24)23-17/h3-14H,2,15H2,1H3. The van der Waals surface area contributed by atoms with Crippen LogP contribution in [0.4, 0.5) is 5.69 Å². The molecule has 0 amide bonds. The lowest BCUT2D eigenvalue weighted by Gasteiger charge is -2.22. The largest absolute Gasteiger partial charge is 0.456 e. The van der Waals surface area contributed by atoms with Crippen LogP contribution in [0.5, 0.6) is 0 Å². The molecular weight excluding hydrogens is 450 g/mol. The van der Waals surface area contributed by atoms with Crippen molar-refractivity contribution in [3.8, 4) is 0 Å². The first kappa shape index (κ1) is 21.7. The van der Waals surface area contributed by atoms with Crippen LogP contribution in [0.15, 0.2) is 81.9 Å². The maximum atomic E-state index is 13.0. The van der Waals surface area contributed by atoms with Crippen molar-refractivity contribution in [2.24, 2.45) is 0 Å². The summed E-state index contributed by atoms with van der Waals surface area (Å²) in [5.74, 6) is -0.641. The van der Waals surface area contributed by atoms with Crippen molar-refractivity contribution < 1.29 is 17.9 Å². The number of rotatable bonds is 7. The number of hydrogen-bond acceptors (Lipinski definition) is 7. The summed E-state index contributed by atoms with van der Waals surface area (Å²) in [5.41, 5.74) is 0.840. The summed E-state index contributed by atoms with van der Waals surface area (Å²) in [7, 11) is -3.79. The predicted octanol–water partition coefficient (Wildman–Crippen LogP) is 3.33. The van der Waals surface area contributed by atoms with E-state index < -0.39 is 16.0 Å². The molecule has 0 saturated carbocycles. The van der Waals surface area contributed by atoms with Crippen molar-refractivity contribution in [1.82, 2.24) is 9.38 Å². The first-order chi connectivity index (χ1) is 15.4. The van der Waals surface area contributed by atoms with Gasteiger partial charge in [-0.1, -0.05) is 18.2 Å². The van der Waals surface area contributed by atoms with E-state index in [0.29, 0.717) is 16.3 Å². The van der Waals surface area contributed by atoms with E-state index in [1.165, 1.54) is 50.4 Å². The Balaban J connectivity index is 1.48. The molecule has 4 rings (SSSR count). The van der Waals surface area contributed by atoms with E-state index in [4.69, 9.17) is 4.74 Å². The maximum Gasteiger partial charge on any atom is 0.338 e. The summed E-state index contributed by atoms with van der Waals surface area (Å²) in [6.07, 6.45) is 1.62. The Hall–Kier alpha value is -3.50. The Kier molecular flexibility index (Phi) is 6.06. The van der Waals surface area contributed by atoms with Gasteiger partial charge in [-0.2, -0.15) is 0 Å². The van der Waals surface area contributed by atoms with E-state index in [9.17, 15) is 18.0 Å². The molecule has 0 bridgehead atoms. The van der Waals surface area contributed by atoms with Crippen LogP contribution in [-0.2, 0) is 21.4 Å². The summed E-state index contributed by atoms with van der Waals surface area (Å²) < 4.78 is 34.0. The number of hydrogen-bond donors (Lipinski definition) is 0. The number of carbonyl (C=O) groups excluding carboxylic acids is 1. The van der Waals surface area contributed by atoms with Crippen molar-refractivity contribution >= 4 is 38.0 Å². The quantitative estimate of drug-likeness (QED) is 0.385. The van der Waals surface area contributed by atoms with Crippen LogP contribution >= 0.6 is 11.3 Å². The minimum absolute atomic E-state index is 0.0672. The highest BCUT2D eigenvalue weighted by Gasteiger charge is 2.23. The number of benzene rings is 2. The number of carbonyl (C=O) groups is 1. The molecule has 0 radical (unpaired) electrons. The summed E-state index contributed by atoms with van der Waals surface area (Å²) in [6, 6.07) is 15.7. The van der Waals surface area contributed by atoms with Crippen LogP contribution in [0.1, 0.15) is 23.0 Å². The highest BCUT2D eigenvalue weighted by Crippen LogP contribution is 2.23. The second kappa shape index (κ2) is 8.93. The fourth-order valence-electron chi connectivity index (χ4n) is 3.16. The Bertz CT molecular complexity index is 1410. The zero-order valence-corrected chi connectivity index (χ0v) is 18.7. The summed E-state index contributed by atoms with van der Waals surface area (Å²) >= 11 is 1.30. The van der Waals surface area contributed by atoms with E-state index in [1.807, 2.05) is 6.07 Å². The number of nitrogens with zero attached hydrogens (tertiary/aromatic N) is 3. The molecule has 0 aliphatic rings. The van der Waals surface area contributed by atoms with Gasteiger partial charge >= 0.3 is 5.97 Å². The van der Waals surface area contributed by atoms with Crippen molar-refractivity contribution in [1.29, 1.82) is 0 Å². The number of esters is 1. The zero-order chi connectivity index (χ0) is 22.7. The average molecular weight is 470 g/mol. The second-order valence-electron chi connectivity index (χ2n) is 6.75. The molecule has 0 unspecified atom stereocenters. The van der Waals surface area contributed by atoms with Gasteiger partial charge < -0.3 is 4.74 Å². The van der Waals surface area contributed by atoms with Gasteiger partial charge in [0, 0.05) is 24.2 Å². The average Bonchev–Trinajstić information content (AvgIpc) is 3.28. The number of fused-ring (bicyclic) bond motifs is 1. The third kappa shape index (κ3) is 4.27. The molecule has 0 fully saturated rings. The van der Waals surface area contributed by atoms with Crippen molar-refractivity contribution in [2.75, 3.05) is 10.8 Å². The summed E-state index contributed by atoms with van der Waals surface area (Å²) in [6.45, 7) is 1.85. The Morgan fingerprint density at radius 1 is 1.12 bits per heavy atom. The SMILES string of the molecule is CCN(c1ccccc1)S(=O)(=O)c1ccc(C(=O)OCc2cc(=O)n3ccsc3n2)cc1. The van der Waals surface area contributed by atoms with Gasteiger partial charge in [0.25, 0.3) is 15.6 Å². The van der Waals surface area contributed by atoms with Crippen molar-refractivity contribution in [3.63, 3.8) is 0 Å². The van der Waals surface area contributed by atoms with E-state index in [0.717, 1.165) is 0 Å². The van der Waals surface area contributed by atoms with Gasteiger partial charge in [0.1, 0.15) is 6.61 Å². The number of aromatic nitrogens is 2. The topological polar surface area (TPSA) is 98.0 Å². The predicted molar refractivity (Wildman–Crippen MR) is 122 cm³/mol. The smallest absolute Gasteiger partial charge is 0.338 e. The third-order valence-corrected chi connectivity index (χ3v) is 7.39. The van der Waals surface area contributed by atoms with Gasteiger partial charge in [-0.05, 0) is 43.3 Å². The van der Waals surface area contributed by atoms with E-state index >= 15 is 0 Å². The molecule has 10 heteroatoms. The number of ether oxygens (including phenoxy) is 1. The van der Waals surface area contributed by atoms with E-state index in [-0.39, 0.29) is 29.2 Å². The van der Waals surface area contributed by atoms with Gasteiger partial charge in [-0.15, -0.1) is 11.3 Å². The molecule has 0 spiro atoms. The van der Waals surface area contributed by atoms with Crippen LogP contribution in [0, 0.1) is 0 Å². The van der Waals surface area contributed by atoms with Crippen LogP contribution in [0.3, 0.4) is 0 Å². The monoisotopic (exact) mass is 469 g/mol. The van der Waals surface area contributed by atoms with Crippen LogP contribution in [0.25, 0.3) is 4.96 Å². The first-order valence-corrected chi connectivity index (χ1v) is 12.0. The molecule has 0 aliphatic heterocycles. The lowest BCUT2D eigenvalue weighted by Crippen LogP contribution is -2.30. The maximum absolute atomic E-state index is 13.0. The van der Waals surface area contributed by atoms with Crippen LogP contribution in [0.2, 0.25) is 0 Å². The normalized spacial score (nSPS) is 11.4. The highest BCUT2D eigenvalue weighted by molar-refractivity contribution is 7.92. The molecule has 4 aromatic rings. The number of sulfonamides is 1. The van der Waals surface area contributed by atoms with Crippen LogP contribution < -0.4 is 9.86 Å². The van der Waals surface area contributed by atoms with Crippen LogP contribution in [-0.4, -0.2) is 30.3 Å². The van der Waals surface area contributed by atoms with Gasteiger partial charge in [0.2, 0.25) is 0 Å². The van der Waals surface area contributed by atoms with Gasteiger partial charge in [0.05, 0.1) is 21.8 Å². The zero-order valence-electron chi connectivity index (χ0n) is 17.0. The minimum Gasteiger partial charge on any atom is -0.456 e. The Morgan fingerprint density at radius 2 is 1.84 bits per heavy atom. The fourth-order valence-corrected chi connectivity index (χ4v) is 5.37. The molecule has 2 heterocycles. The number of para-hydroxylation sites is 1. The molecule has 0 atom stereocenters. The van der Waals surface area contributed by atoms with Crippen molar-refractivity contribution in [3.05, 3.63) is 93.9 Å². The number of thiazole rings is 1. The van der Waals surface area contributed by atoms with E-state index in [1.54, 1.807) is 42.8 Å². The lowest BCUT2D eigenvalue weighted by molar-refractivity contribution is 0.0467. The third-order valence-electron chi connectivity index (χ3n) is 4.72. The summed E-state index contributed by atoms with van der Waals surface area (Å²) in [4.78, 5) is 29.3.